The minimum Gasteiger partial charge on any atom is -0.444 e. The first-order valence-corrected chi connectivity index (χ1v) is 7.66. The quantitative estimate of drug-likeness (QED) is 0.853. The van der Waals surface area contributed by atoms with Gasteiger partial charge in [-0.2, -0.15) is 0 Å². The van der Waals surface area contributed by atoms with Crippen molar-refractivity contribution in [3.8, 4) is 0 Å². The molecular formula is C15H19ClN4O2. The lowest BCUT2D eigenvalue weighted by Gasteiger charge is -2.39. The Hall–Kier alpha value is -1.82. The predicted molar refractivity (Wildman–Crippen MR) is 83.8 cm³/mol. The van der Waals surface area contributed by atoms with Gasteiger partial charge in [-0.3, -0.25) is 0 Å². The van der Waals surface area contributed by atoms with Crippen LogP contribution in [0.3, 0.4) is 0 Å². The second kappa shape index (κ2) is 5.43. The van der Waals surface area contributed by atoms with E-state index in [1.807, 2.05) is 37.6 Å². The summed E-state index contributed by atoms with van der Waals surface area (Å²) in [7, 11) is 0. The lowest BCUT2D eigenvalue weighted by molar-refractivity contribution is -0.00371. The first kappa shape index (κ1) is 15.1. The number of benzene rings is 1. The number of likely N-dealkylation sites (tertiary alicyclic amines) is 1. The molecule has 118 valence electrons. The monoisotopic (exact) mass is 322 g/mol. The number of aromatic nitrogens is 3. The molecule has 6 nitrogen and oxygen atoms in total. The molecule has 22 heavy (non-hydrogen) atoms. The van der Waals surface area contributed by atoms with Crippen LogP contribution in [0.15, 0.2) is 18.2 Å². The molecular weight excluding hydrogens is 304 g/mol. The number of amides is 1. The van der Waals surface area contributed by atoms with Crippen LogP contribution in [0.2, 0.25) is 5.02 Å². The smallest absolute Gasteiger partial charge is 0.410 e. The first-order valence-electron chi connectivity index (χ1n) is 7.28. The normalized spacial score (nSPS) is 15.9. The van der Waals surface area contributed by atoms with E-state index in [2.05, 4.69) is 10.3 Å². The maximum Gasteiger partial charge on any atom is 0.410 e. The molecule has 1 aliphatic heterocycles. The Labute approximate surface area is 134 Å². The summed E-state index contributed by atoms with van der Waals surface area (Å²) in [6.45, 7) is 7.71. The zero-order chi connectivity index (χ0) is 15.9. The Kier molecular flexibility index (Phi) is 3.72. The molecule has 0 aliphatic carbocycles. The summed E-state index contributed by atoms with van der Waals surface area (Å²) in [5.41, 5.74) is 1.29. The zero-order valence-corrected chi connectivity index (χ0v) is 13.7. The van der Waals surface area contributed by atoms with Gasteiger partial charge in [0, 0.05) is 30.6 Å². The van der Waals surface area contributed by atoms with E-state index in [0.717, 1.165) is 17.6 Å². The van der Waals surface area contributed by atoms with Crippen molar-refractivity contribution >= 4 is 28.7 Å². The van der Waals surface area contributed by atoms with Crippen molar-refractivity contribution in [3.63, 3.8) is 0 Å². The van der Waals surface area contributed by atoms with E-state index < -0.39 is 5.60 Å². The molecule has 3 rings (SSSR count). The van der Waals surface area contributed by atoms with E-state index in [0.29, 0.717) is 24.0 Å². The molecule has 1 fully saturated rings. The standard InChI is InChI=1S/C15H19ClN4O2/c1-15(2,3)22-14(21)19-7-10(8-19)9-20-13-5-4-11(16)6-12(13)17-18-20/h4-6,10H,7-9H2,1-3H3. The third kappa shape index (κ3) is 3.16. The van der Waals surface area contributed by atoms with E-state index >= 15 is 0 Å². The van der Waals surface area contributed by atoms with Crippen LogP contribution >= 0.6 is 11.6 Å². The molecule has 0 atom stereocenters. The summed E-state index contributed by atoms with van der Waals surface area (Å²) in [6.07, 6.45) is -0.251. The molecule has 2 aromatic rings. The summed E-state index contributed by atoms with van der Waals surface area (Å²) in [5, 5.41) is 8.93. The largest absolute Gasteiger partial charge is 0.444 e. The number of halogens is 1. The number of hydrogen-bond donors (Lipinski definition) is 0. The van der Waals surface area contributed by atoms with E-state index in [1.165, 1.54) is 0 Å². The minimum atomic E-state index is -0.455. The highest BCUT2D eigenvalue weighted by Gasteiger charge is 2.34. The molecule has 0 unspecified atom stereocenters. The number of carbonyl (C=O) groups is 1. The van der Waals surface area contributed by atoms with Crippen molar-refractivity contribution in [2.75, 3.05) is 13.1 Å². The second-order valence-corrected chi connectivity index (χ2v) is 7.09. The van der Waals surface area contributed by atoms with Crippen LogP contribution in [0.1, 0.15) is 20.8 Å². The van der Waals surface area contributed by atoms with Crippen LogP contribution in [-0.2, 0) is 11.3 Å². The number of rotatable bonds is 2. The molecule has 0 radical (unpaired) electrons. The van der Waals surface area contributed by atoms with Crippen molar-refractivity contribution in [2.45, 2.75) is 32.9 Å². The van der Waals surface area contributed by atoms with Crippen molar-refractivity contribution in [3.05, 3.63) is 23.2 Å². The Morgan fingerprint density at radius 3 is 2.82 bits per heavy atom. The molecule has 1 amide bonds. The highest BCUT2D eigenvalue weighted by atomic mass is 35.5. The van der Waals surface area contributed by atoms with Gasteiger partial charge in [0.25, 0.3) is 0 Å². The summed E-state index contributed by atoms with van der Waals surface area (Å²) < 4.78 is 7.21. The van der Waals surface area contributed by atoms with Gasteiger partial charge in [-0.25, -0.2) is 9.48 Å². The summed E-state index contributed by atoms with van der Waals surface area (Å²) in [5.74, 6) is 0.369. The molecule has 1 saturated heterocycles. The average Bonchev–Trinajstić information content (AvgIpc) is 2.73. The highest BCUT2D eigenvalue weighted by Crippen LogP contribution is 2.23. The number of nitrogens with zero attached hydrogens (tertiary/aromatic N) is 4. The Balaban J connectivity index is 1.59. The lowest BCUT2D eigenvalue weighted by Crippen LogP contribution is -2.52. The number of fused-ring (bicyclic) bond motifs is 1. The number of ether oxygens (including phenoxy) is 1. The fourth-order valence-electron chi connectivity index (χ4n) is 2.49. The molecule has 0 spiro atoms. The van der Waals surface area contributed by atoms with Crippen LogP contribution in [0, 0.1) is 5.92 Å². The molecule has 0 N–H and O–H groups in total. The molecule has 0 saturated carbocycles. The van der Waals surface area contributed by atoms with Crippen molar-refractivity contribution in [1.29, 1.82) is 0 Å². The third-order valence-corrected chi connectivity index (χ3v) is 3.75. The van der Waals surface area contributed by atoms with E-state index in [9.17, 15) is 4.79 Å². The van der Waals surface area contributed by atoms with Crippen LogP contribution < -0.4 is 0 Å². The van der Waals surface area contributed by atoms with Gasteiger partial charge in [0.2, 0.25) is 0 Å². The third-order valence-electron chi connectivity index (χ3n) is 3.52. The molecule has 1 aliphatic rings. The van der Waals surface area contributed by atoms with Gasteiger partial charge >= 0.3 is 6.09 Å². The molecule has 1 aromatic carbocycles. The van der Waals surface area contributed by atoms with Gasteiger partial charge in [0.1, 0.15) is 11.1 Å². The average molecular weight is 323 g/mol. The van der Waals surface area contributed by atoms with Gasteiger partial charge in [0.05, 0.1) is 5.52 Å². The second-order valence-electron chi connectivity index (χ2n) is 6.66. The van der Waals surface area contributed by atoms with E-state index in [1.54, 1.807) is 11.0 Å². The molecule has 2 heterocycles. The Morgan fingerprint density at radius 2 is 2.14 bits per heavy atom. The minimum absolute atomic E-state index is 0.251. The number of hydrogen-bond acceptors (Lipinski definition) is 4. The molecule has 1 aromatic heterocycles. The summed E-state index contributed by atoms with van der Waals surface area (Å²) in [6, 6.07) is 5.55. The SMILES string of the molecule is CC(C)(C)OC(=O)N1CC(Cn2nnc3cc(Cl)ccc32)C1. The summed E-state index contributed by atoms with van der Waals surface area (Å²) in [4.78, 5) is 13.6. The Morgan fingerprint density at radius 1 is 1.41 bits per heavy atom. The van der Waals surface area contributed by atoms with Crippen LogP contribution in [0.4, 0.5) is 4.79 Å². The van der Waals surface area contributed by atoms with Gasteiger partial charge < -0.3 is 9.64 Å². The van der Waals surface area contributed by atoms with Crippen LogP contribution in [0.25, 0.3) is 11.0 Å². The van der Waals surface area contributed by atoms with E-state index in [4.69, 9.17) is 16.3 Å². The summed E-state index contributed by atoms with van der Waals surface area (Å²) >= 11 is 5.94. The number of carbonyl (C=O) groups excluding carboxylic acids is 1. The van der Waals surface area contributed by atoms with Crippen molar-refractivity contribution < 1.29 is 9.53 Å². The Bertz CT molecular complexity index is 701. The first-order chi connectivity index (χ1) is 10.3. The van der Waals surface area contributed by atoms with Gasteiger partial charge in [-0.15, -0.1) is 5.10 Å². The van der Waals surface area contributed by atoms with Crippen molar-refractivity contribution in [2.24, 2.45) is 5.92 Å². The lowest BCUT2D eigenvalue weighted by atomic mass is 10.0. The maximum atomic E-state index is 11.9. The topological polar surface area (TPSA) is 60.2 Å². The van der Waals surface area contributed by atoms with Gasteiger partial charge in [0.15, 0.2) is 0 Å². The van der Waals surface area contributed by atoms with Gasteiger partial charge in [-0.1, -0.05) is 16.8 Å². The maximum absolute atomic E-state index is 11.9. The van der Waals surface area contributed by atoms with Crippen LogP contribution in [0.5, 0.6) is 0 Å². The zero-order valence-electron chi connectivity index (χ0n) is 12.9. The highest BCUT2D eigenvalue weighted by molar-refractivity contribution is 6.31. The molecule has 0 bridgehead atoms. The van der Waals surface area contributed by atoms with Crippen molar-refractivity contribution in [1.82, 2.24) is 19.9 Å². The fraction of sp³-hybridized carbons (Fsp3) is 0.533. The van der Waals surface area contributed by atoms with Gasteiger partial charge in [-0.05, 0) is 39.0 Å². The molecule has 7 heteroatoms. The van der Waals surface area contributed by atoms with E-state index in [-0.39, 0.29) is 6.09 Å². The predicted octanol–water partition coefficient (Wildman–Crippen LogP) is 2.95. The fourth-order valence-corrected chi connectivity index (χ4v) is 2.65. The van der Waals surface area contributed by atoms with Crippen LogP contribution in [-0.4, -0.2) is 44.7 Å².